The molecule has 1 aromatic carbocycles. The monoisotopic (exact) mass is 343 g/mol. The van der Waals surface area contributed by atoms with Crippen molar-refractivity contribution in [3.63, 3.8) is 0 Å². The van der Waals surface area contributed by atoms with E-state index < -0.39 is 0 Å². The van der Waals surface area contributed by atoms with Crippen LogP contribution in [0.4, 0.5) is 0 Å². The third kappa shape index (κ3) is 3.68. The van der Waals surface area contributed by atoms with Crippen molar-refractivity contribution in [2.75, 3.05) is 6.61 Å². The van der Waals surface area contributed by atoms with Crippen molar-refractivity contribution in [3.05, 3.63) is 35.4 Å². The van der Waals surface area contributed by atoms with Gasteiger partial charge in [-0.1, -0.05) is 37.6 Å². The smallest absolute Gasteiger partial charge is 0.126 e. The summed E-state index contributed by atoms with van der Waals surface area (Å²) in [5, 5.41) is 23.3. The van der Waals surface area contributed by atoms with Gasteiger partial charge >= 0.3 is 0 Å². The summed E-state index contributed by atoms with van der Waals surface area (Å²) in [4.78, 5) is 0. The van der Waals surface area contributed by atoms with Gasteiger partial charge in [0.15, 0.2) is 0 Å². The maximum absolute atomic E-state index is 10.7. The molecule has 4 nitrogen and oxygen atoms in total. The first-order valence-electron chi connectivity index (χ1n) is 9.53. The number of benzene rings is 1. The fraction of sp³-hybridized carbons (Fsp3) is 0.571. The third-order valence-electron chi connectivity index (χ3n) is 5.63. The summed E-state index contributed by atoms with van der Waals surface area (Å²) in [7, 11) is 0. The predicted molar refractivity (Wildman–Crippen MR) is 100.0 cm³/mol. The lowest BCUT2D eigenvalue weighted by Crippen LogP contribution is -2.32. The molecule has 2 N–H and O–H groups in total. The van der Waals surface area contributed by atoms with Gasteiger partial charge in [-0.2, -0.15) is 0 Å². The van der Waals surface area contributed by atoms with E-state index in [1.165, 1.54) is 0 Å². The van der Waals surface area contributed by atoms with Crippen molar-refractivity contribution >= 4 is 5.71 Å². The van der Waals surface area contributed by atoms with Gasteiger partial charge in [-0.05, 0) is 49.8 Å². The summed E-state index contributed by atoms with van der Waals surface area (Å²) < 4.78 is 6.02. The highest BCUT2D eigenvalue weighted by Gasteiger charge is 2.37. The summed E-state index contributed by atoms with van der Waals surface area (Å²) in [6.07, 6.45) is 10.2. The van der Waals surface area contributed by atoms with Crippen LogP contribution in [0.5, 0.6) is 11.5 Å². The van der Waals surface area contributed by atoms with Crippen LogP contribution in [0.3, 0.4) is 0 Å². The molecule has 1 saturated carbocycles. The number of hydrogen-bond acceptors (Lipinski definition) is 4. The predicted octanol–water partition coefficient (Wildman–Crippen LogP) is 5.35. The minimum atomic E-state index is 0.188. The number of fused-ring (bicyclic) bond motifs is 3. The summed E-state index contributed by atoms with van der Waals surface area (Å²) in [5.41, 5.74) is 2.83. The van der Waals surface area contributed by atoms with Crippen LogP contribution >= 0.6 is 0 Å². The molecule has 0 bridgehead atoms. The molecule has 1 fully saturated rings. The molecule has 0 aromatic heterocycles. The van der Waals surface area contributed by atoms with E-state index in [4.69, 9.17) is 9.94 Å². The number of oxime groups is 1. The Balaban J connectivity index is 1.91. The zero-order chi connectivity index (χ0) is 17.8. The highest BCUT2D eigenvalue weighted by molar-refractivity contribution is 5.86. The molecule has 3 atom stereocenters. The molecule has 4 heteroatoms. The standard InChI is InChI=1S/C21H29NO3/c1-3-5-6-7-14(4-2)16-10-19(23)21-18-12-17(22-24)9-8-15(18)13-25-20(21)11-16/h6-7,10-11,14-15,18,23-24H,3-5,8-9,12-13H2,1-2H3/t14?,15-,18+/m0/s1. The molecule has 1 aliphatic carbocycles. The third-order valence-corrected chi connectivity index (χ3v) is 5.63. The van der Waals surface area contributed by atoms with Crippen LogP contribution in [-0.2, 0) is 0 Å². The van der Waals surface area contributed by atoms with E-state index in [1.54, 1.807) is 0 Å². The van der Waals surface area contributed by atoms with Crippen LogP contribution in [0.2, 0.25) is 0 Å². The Morgan fingerprint density at radius 1 is 1.36 bits per heavy atom. The van der Waals surface area contributed by atoms with E-state index in [2.05, 4.69) is 37.2 Å². The van der Waals surface area contributed by atoms with Gasteiger partial charge in [0, 0.05) is 23.3 Å². The molecule has 1 aromatic rings. The molecular formula is C21H29NO3. The summed E-state index contributed by atoms with van der Waals surface area (Å²) in [6, 6.07) is 4.00. The average molecular weight is 343 g/mol. The highest BCUT2D eigenvalue weighted by Crippen LogP contribution is 2.49. The first-order chi connectivity index (χ1) is 12.2. The molecule has 0 saturated heterocycles. The lowest BCUT2D eigenvalue weighted by molar-refractivity contribution is 0.175. The van der Waals surface area contributed by atoms with Crippen LogP contribution in [0.1, 0.15) is 75.3 Å². The number of ether oxygens (including phenoxy) is 1. The largest absolute Gasteiger partial charge is 0.508 e. The quantitative estimate of drug-likeness (QED) is 0.430. The number of hydrogen-bond donors (Lipinski definition) is 2. The molecule has 3 rings (SSSR count). The van der Waals surface area contributed by atoms with Crippen molar-refractivity contribution in [2.24, 2.45) is 11.1 Å². The first kappa shape index (κ1) is 17.8. The van der Waals surface area contributed by atoms with Gasteiger partial charge in [-0.3, -0.25) is 0 Å². The minimum absolute atomic E-state index is 0.188. The van der Waals surface area contributed by atoms with Crippen molar-refractivity contribution < 1.29 is 15.1 Å². The van der Waals surface area contributed by atoms with Crippen LogP contribution in [0, 0.1) is 5.92 Å². The van der Waals surface area contributed by atoms with Crippen molar-refractivity contribution in [2.45, 2.75) is 64.2 Å². The topological polar surface area (TPSA) is 62.0 Å². The number of allylic oxidation sites excluding steroid dienone is 2. The molecule has 136 valence electrons. The lowest BCUT2D eigenvalue weighted by Gasteiger charge is -2.37. The molecule has 2 aliphatic rings. The second kappa shape index (κ2) is 7.94. The number of rotatable bonds is 5. The van der Waals surface area contributed by atoms with E-state index in [1.807, 2.05) is 6.07 Å². The van der Waals surface area contributed by atoms with Crippen LogP contribution in [0.25, 0.3) is 0 Å². The van der Waals surface area contributed by atoms with Gasteiger partial charge in [0.25, 0.3) is 0 Å². The van der Waals surface area contributed by atoms with Gasteiger partial charge in [0.1, 0.15) is 11.5 Å². The summed E-state index contributed by atoms with van der Waals surface area (Å²) in [6.45, 7) is 5.02. The van der Waals surface area contributed by atoms with Gasteiger partial charge in [-0.15, -0.1) is 0 Å². The number of nitrogens with zero attached hydrogens (tertiary/aromatic N) is 1. The Labute approximate surface area is 150 Å². The Hall–Kier alpha value is -1.97. The fourth-order valence-corrected chi connectivity index (χ4v) is 4.15. The SMILES string of the molecule is CCCC=CC(CC)c1cc(O)c2c(c1)OC[C@@H]1CCC(=NO)C[C@@H]21. The maximum Gasteiger partial charge on any atom is 0.126 e. The minimum Gasteiger partial charge on any atom is -0.508 e. The number of unbranched alkanes of at least 4 members (excludes halogenated alkanes) is 1. The molecule has 0 radical (unpaired) electrons. The van der Waals surface area contributed by atoms with Gasteiger partial charge in [-0.25, -0.2) is 0 Å². The average Bonchev–Trinajstić information content (AvgIpc) is 2.64. The van der Waals surface area contributed by atoms with Crippen molar-refractivity contribution in [3.8, 4) is 11.5 Å². The van der Waals surface area contributed by atoms with Crippen LogP contribution in [-0.4, -0.2) is 22.6 Å². The first-order valence-corrected chi connectivity index (χ1v) is 9.53. The molecule has 1 aliphatic heterocycles. The summed E-state index contributed by atoms with van der Waals surface area (Å²) >= 11 is 0. The Morgan fingerprint density at radius 3 is 2.92 bits per heavy atom. The van der Waals surface area contributed by atoms with Crippen LogP contribution in [0.15, 0.2) is 29.4 Å². The Kier molecular flexibility index (Phi) is 5.67. The van der Waals surface area contributed by atoms with E-state index in [-0.39, 0.29) is 5.92 Å². The summed E-state index contributed by atoms with van der Waals surface area (Å²) in [5.74, 6) is 2.00. The number of aromatic hydroxyl groups is 1. The zero-order valence-corrected chi connectivity index (χ0v) is 15.2. The van der Waals surface area contributed by atoms with E-state index >= 15 is 0 Å². The molecular weight excluding hydrogens is 314 g/mol. The van der Waals surface area contributed by atoms with Gasteiger partial charge in [0.2, 0.25) is 0 Å². The highest BCUT2D eigenvalue weighted by atomic mass is 16.5. The van der Waals surface area contributed by atoms with Crippen molar-refractivity contribution in [1.82, 2.24) is 0 Å². The zero-order valence-electron chi connectivity index (χ0n) is 15.2. The molecule has 1 unspecified atom stereocenters. The second-order valence-corrected chi connectivity index (χ2v) is 7.27. The number of phenols is 1. The Bertz CT molecular complexity index is 665. The van der Waals surface area contributed by atoms with E-state index in [0.29, 0.717) is 30.6 Å². The molecule has 1 heterocycles. The fourth-order valence-electron chi connectivity index (χ4n) is 4.15. The molecule has 0 amide bonds. The lowest BCUT2D eigenvalue weighted by atomic mass is 9.73. The van der Waals surface area contributed by atoms with Crippen LogP contribution < -0.4 is 4.74 Å². The second-order valence-electron chi connectivity index (χ2n) is 7.27. The van der Waals surface area contributed by atoms with Gasteiger partial charge in [0.05, 0.1) is 12.3 Å². The molecule has 0 spiro atoms. The molecule has 25 heavy (non-hydrogen) atoms. The normalized spacial score (nSPS) is 25.4. The van der Waals surface area contributed by atoms with Crippen molar-refractivity contribution in [1.29, 1.82) is 0 Å². The maximum atomic E-state index is 10.7. The number of phenolic OH excluding ortho intramolecular Hbond substituents is 1. The van der Waals surface area contributed by atoms with E-state index in [0.717, 1.165) is 54.7 Å². The Morgan fingerprint density at radius 2 is 2.20 bits per heavy atom. The van der Waals surface area contributed by atoms with E-state index in [9.17, 15) is 5.11 Å². The van der Waals surface area contributed by atoms with Gasteiger partial charge < -0.3 is 15.1 Å².